The molecule has 0 fully saturated rings. The zero-order valence-electron chi connectivity index (χ0n) is 32.7. The largest absolute Gasteiger partial charge is 0.460 e. The van der Waals surface area contributed by atoms with E-state index in [0.717, 1.165) is 0 Å². The quantitative estimate of drug-likeness (QED) is 0.0738. The summed E-state index contributed by atoms with van der Waals surface area (Å²) in [4.78, 5) is 0. The highest BCUT2D eigenvalue weighted by Crippen LogP contribution is 2.69. The molecule has 0 spiro atoms. The summed E-state index contributed by atoms with van der Waals surface area (Å²) in [5, 5.41) is 16.0. The Morgan fingerprint density at radius 3 is 0.603 bits per heavy atom. The highest BCUT2D eigenvalue weighted by molar-refractivity contribution is 7.86. The van der Waals surface area contributed by atoms with Crippen molar-refractivity contribution in [3.63, 3.8) is 0 Å². The molecule has 444 valence electrons. The van der Waals surface area contributed by atoms with E-state index in [9.17, 15) is 184 Å². The lowest BCUT2D eigenvalue weighted by atomic mass is 9.79. The van der Waals surface area contributed by atoms with E-state index in [0.29, 0.717) is 0 Å². The van der Waals surface area contributed by atoms with Crippen LogP contribution in [0.25, 0.3) is 0 Å². The predicted octanol–water partition coefficient (Wildman–Crippen LogP) is 11.2. The van der Waals surface area contributed by atoms with Crippen LogP contribution in [-0.2, 0) is 20.2 Å². The van der Waals surface area contributed by atoms with E-state index >= 15 is 0 Å². The molecule has 0 aliphatic heterocycles. The Hall–Kier alpha value is -2.92. The minimum Gasteiger partial charge on any atom is -0.394 e. The molecule has 0 aromatic carbocycles. The third-order valence-electron chi connectivity index (χ3n) is 8.12. The van der Waals surface area contributed by atoms with Crippen LogP contribution in [0, 0.1) is 0 Å². The molecule has 0 amide bonds. The van der Waals surface area contributed by atoms with Gasteiger partial charge >= 0.3 is 107 Å². The SMILES string of the molecule is CC(O)CO.O=S(=O)(O)CCC(F)(F)C(F)(F)C(F)(F)C(F)(F)C(F)(C(F)(F)F)C(F)(F)C(F)(F)C(F)(F)F.O=S(=O)(O)CCC(F)(F)C(F)(F)C(F)(F)C(F)(F)C(F)(C(F)(F)F)C(F)(F)C(F)(F)C(F)(F)F. The molecule has 0 rings (SSSR count). The topological polar surface area (TPSA) is 149 Å². The normalized spacial score (nSPS) is 17.9. The summed E-state index contributed by atoms with van der Waals surface area (Å²) >= 11 is 0. The van der Waals surface area contributed by atoms with Crippen molar-refractivity contribution in [2.75, 3.05) is 18.1 Å². The fraction of sp³-hybridized carbons (Fsp3) is 1.00. The Labute approximate surface area is 375 Å². The van der Waals surface area contributed by atoms with Gasteiger partial charge in [-0.2, -0.15) is 175 Å². The van der Waals surface area contributed by atoms with Crippen LogP contribution in [0.2, 0.25) is 0 Å². The second-order valence-electron chi connectivity index (χ2n) is 13.6. The van der Waals surface area contributed by atoms with Crippen LogP contribution in [0.1, 0.15) is 19.8 Å². The maximum absolute atomic E-state index is 13.9. The van der Waals surface area contributed by atoms with E-state index in [4.69, 9.17) is 19.3 Å². The molecule has 4 N–H and O–H groups in total. The minimum atomic E-state index is -9.31. The summed E-state index contributed by atoms with van der Waals surface area (Å²) in [6, 6.07) is 0. The Kier molecular flexibility index (Phi) is 20.8. The molecule has 0 radical (unpaired) electrons. The van der Waals surface area contributed by atoms with E-state index in [1.54, 1.807) is 0 Å². The van der Waals surface area contributed by atoms with E-state index in [-0.39, 0.29) is 6.61 Å². The molecular formula is C25H18F38O8S2. The number of aliphatic hydroxyl groups excluding tert-OH is 2. The zero-order valence-corrected chi connectivity index (χ0v) is 34.3. The molecule has 48 heteroatoms. The van der Waals surface area contributed by atoms with E-state index < -0.39 is 158 Å². The molecule has 0 heterocycles. The summed E-state index contributed by atoms with van der Waals surface area (Å²) in [7, 11) is -11.7. The van der Waals surface area contributed by atoms with Crippen molar-refractivity contribution in [2.24, 2.45) is 0 Å². The van der Waals surface area contributed by atoms with Crippen molar-refractivity contribution < 1.29 is 203 Å². The Morgan fingerprint density at radius 2 is 0.479 bits per heavy atom. The van der Waals surface area contributed by atoms with Gasteiger partial charge in [0.25, 0.3) is 20.2 Å². The van der Waals surface area contributed by atoms with Crippen LogP contribution in [0.15, 0.2) is 0 Å². The molecule has 0 bridgehead atoms. The lowest BCUT2D eigenvalue weighted by molar-refractivity contribution is -0.475. The Bertz CT molecular complexity index is 1930. The second-order valence-corrected chi connectivity index (χ2v) is 16.7. The summed E-state index contributed by atoms with van der Waals surface area (Å²) in [5.41, 5.74) is -18.6. The highest BCUT2D eigenvalue weighted by Gasteiger charge is 3.01. The van der Waals surface area contributed by atoms with Gasteiger partial charge < -0.3 is 10.2 Å². The van der Waals surface area contributed by atoms with Gasteiger partial charge in [0.1, 0.15) is 0 Å². The van der Waals surface area contributed by atoms with Crippen LogP contribution in [0.4, 0.5) is 167 Å². The van der Waals surface area contributed by atoms with Crippen molar-refractivity contribution in [1.82, 2.24) is 0 Å². The molecule has 73 heavy (non-hydrogen) atoms. The van der Waals surface area contributed by atoms with Crippen LogP contribution < -0.4 is 0 Å². The van der Waals surface area contributed by atoms with Gasteiger partial charge in [-0.15, -0.1) is 0 Å². The molecule has 0 aliphatic carbocycles. The monoisotopic (exact) mass is 1230 g/mol. The fourth-order valence-corrected chi connectivity index (χ4v) is 5.04. The molecule has 0 aliphatic rings. The molecular weight excluding hydrogens is 1210 g/mol. The van der Waals surface area contributed by atoms with Gasteiger partial charge in [-0.1, -0.05) is 0 Å². The molecule has 0 saturated carbocycles. The van der Waals surface area contributed by atoms with E-state index in [2.05, 4.69) is 0 Å². The van der Waals surface area contributed by atoms with Crippen LogP contribution in [0.5, 0.6) is 0 Å². The maximum Gasteiger partial charge on any atom is 0.460 e. The summed E-state index contributed by atoms with van der Waals surface area (Å²) in [6.45, 7) is 1.39. The number of aliphatic hydroxyl groups is 2. The van der Waals surface area contributed by atoms with Crippen molar-refractivity contribution in [3.05, 3.63) is 0 Å². The smallest absolute Gasteiger partial charge is 0.394 e. The summed E-state index contributed by atoms with van der Waals surface area (Å²) in [6.07, 6.45) is -41.0. The Balaban J connectivity index is -0.00000123. The molecule has 8 nitrogen and oxygen atoms in total. The zero-order chi connectivity index (χ0) is 61.1. The first-order chi connectivity index (χ1) is 30.7. The van der Waals surface area contributed by atoms with Crippen molar-refractivity contribution in [2.45, 2.75) is 133 Å². The third-order valence-corrected chi connectivity index (χ3v) is 9.56. The van der Waals surface area contributed by atoms with Crippen molar-refractivity contribution >= 4 is 20.2 Å². The molecule has 0 aromatic heterocycles. The first kappa shape index (κ1) is 74.3. The number of hydrogen-bond donors (Lipinski definition) is 4. The third kappa shape index (κ3) is 12.6. The van der Waals surface area contributed by atoms with Gasteiger partial charge in [0.15, 0.2) is 0 Å². The van der Waals surface area contributed by atoms with Gasteiger partial charge in [0.2, 0.25) is 0 Å². The molecule has 3 atom stereocenters. The van der Waals surface area contributed by atoms with Crippen LogP contribution in [-0.4, -0.2) is 167 Å². The lowest BCUT2D eigenvalue weighted by Gasteiger charge is -2.46. The average molecular weight is 1230 g/mol. The van der Waals surface area contributed by atoms with Gasteiger partial charge in [-0.3, -0.25) is 9.11 Å². The predicted molar refractivity (Wildman–Crippen MR) is 152 cm³/mol. The van der Waals surface area contributed by atoms with Gasteiger partial charge in [-0.25, -0.2) is 8.78 Å². The standard InChI is InChI=1S/2C11H5F19O3S.C3H8O2/c2*12-3(13,1-2-34(31,32)33)5(15,16)8(21,22)6(17,18)4(14,10(25,26)27)7(19,20)9(23,24)11(28,29)30;1-3(5)2-4/h2*1-2H2,(H,31,32,33);3-5H,2H2,1H3. The van der Waals surface area contributed by atoms with Crippen LogP contribution in [0.3, 0.4) is 0 Å². The molecule has 0 saturated heterocycles. The van der Waals surface area contributed by atoms with Crippen LogP contribution >= 0.6 is 0 Å². The average Bonchev–Trinajstić information content (AvgIpc) is 3.12. The van der Waals surface area contributed by atoms with E-state index in [1.165, 1.54) is 6.92 Å². The van der Waals surface area contributed by atoms with E-state index in [1.807, 2.05) is 0 Å². The van der Waals surface area contributed by atoms with Crippen molar-refractivity contribution in [1.29, 1.82) is 0 Å². The maximum atomic E-state index is 13.9. The summed E-state index contributed by atoms with van der Waals surface area (Å²) in [5.74, 6) is -108. The highest BCUT2D eigenvalue weighted by atomic mass is 32.2. The van der Waals surface area contributed by atoms with Gasteiger partial charge in [0.05, 0.1) is 24.2 Å². The number of hydrogen-bond acceptors (Lipinski definition) is 6. The minimum absolute atomic E-state index is 0.139. The Morgan fingerprint density at radius 1 is 0.315 bits per heavy atom. The van der Waals surface area contributed by atoms with Gasteiger partial charge in [-0.05, 0) is 6.92 Å². The lowest BCUT2D eigenvalue weighted by Crippen LogP contribution is -2.79. The number of rotatable bonds is 19. The van der Waals surface area contributed by atoms with Gasteiger partial charge in [0, 0.05) is 12.8 Å². The fourth-order valence-electron chi connectivity index (χ4n) is 4.01. The molecule has 0 aromatic rings. The first-order valence-electron chi connectivity index (χ1n) is 16.1. The second kappa shape index (κ2) is 20.5. The number of halogens is 38. The van der Waals surface area contributed by atoms with Crippen molar-refractivity contribution in [3.8, 4) is 0 Å². The molecule has 3 unspecified atom stereocenters. The first-order valence-corrected chi connectivity index (χ1v) is 19.3. The summed E-state index contributed by atoms with van der Waals surface area (Å²) < 4.78 is 553. The number of alkyl halides is 38.